The third-order valence-electron chi connectivity index (χ3n) is 2.12. The molecule has 19 heavy (non-hydrogen) atoms. The predicted molar refractivity (Wildman–Crippen MR) is 58.7 cm³/mol. The standard InChI is InChI=1S/C11H7ClF3NO3/c1-18-10(17)9-7(5-16)6(4-12)2-3-8(9)19-11(13,14)15/h2-3H,4H2,1H3. The molecule has 0 spiro atoms. The molecular formula is C11H7ClF3NO3. The van der Waals surface area contributed by atoms with Crippen LogP contribution in [0.4, 0.5) is 13.2 Å². The average Bonchev–Trinajstić information content (AvgIpc) is 2.35. The van der Waals surface area contributed by atoms with Crippen molar-refractivity contribution < 1.29 is 27.4 Å². The maximum Gasteiger partial charge on any atom is 0.573 e. The molecule has 0 bridgehead atoms. The van der Waals surface area contributed by atoms with Gasteiger partial charge in [-0.25, -0.2) is 4.79 Å². The first-order chi connectivity index (χ1) is 8.84. The van der Waals surface area contributed by atoms with E-state index in [4.69, 9.17) is 16.9 Å². The van der Waals surface area contributed by atoms with Crippen molar-refractivity contribution >= 4 is 17.6 Å². The highest BCUT2D eigenvalue weighted by Gasteiger charge is 2.34. The number of rotatable bonds is 3. The van der Waals surface area contributed by atoms with Crippen LogP contribution in [0.5, 0.6) is 5.75 Å². The molecule has 0 saturated heterocycles. The minimum Gasteiger partial charge on any atom is -0.465 e. The number of halogens is 4. The van der Waals surface area contributed by atoms with E-state index in [2.05, 4.69) is 9.47 Å². The first-order valence-corrected chi connectivity index (χ1v) is 5.33. The van der Waals surface area contributed by atoms with Gasteiger partial charge in [0.2, 0.25) is 0 Å². The highest BCUT2D eigenvalue weighted by Crippen LogP contribution is 2.31. The zero-order valence-electron chi connectivity index (χ0n) is 9.55. The molecule has 0 radical (unpaired) electrons. The van der Waals surface area contributed by atoms with Crippen molar-refractivity contribution in [3.05, 3.63) is 28.8 Å². The Hall–Kier alpha value is -1.94. The van der Waals surface area contributed by atoms with Gasteiger partial charge >= 0.3 is 12.3 Å². The largest absolute Gasteiger partial charge is 0.573 e. The van der Waals surface area contributed by atoms with Crippen molar-refractivity contribution in [2.24, 2.45) is 0 Å². The summed E-state index contributed by atoms with van der Waals surface area (Å²) < 4.78 is 44.7. The number of carbonyl (C=O) groups excluding carboxylic acids is 1. The summed E-state index contributed by atoms with van der Waals surface area (Å²) in [6.07, 6.45) is -4.99. The van der Waals surface area contributed by atoms with Crippen LogP contribution < -0.4 is 4.74 Å². The quantitative estimate of drug-likeness (QED) is 0.635. The SMILES string of the molecule is COC(=O)c1c(OC(F)(F)F)ccc(CCl)c1C#N. The molecule has 1 aromatic rings. The van der Waals surface area contributed by atoms with Crippen molar-refractivity contribution in [2.45, 2.75) is 12.2 Å². The zero-order valence-corrected chi connectivity index (χ0v) is 10.3. The molecule has 0 amide bonds. The predicted octanol–water partition coefficient (Wildman–Crippen LogP) is 2.98. The van der Waals surface area contributed by atoms with Crippen LogP contribution in [-0.4, -0.2) is 19.4 Å². The summed E-state index contributed by atoms with van der Waals surface area (Å²) in [6, 6.07) is 3.72. The Bertz CT molecular complexity index is 537. The van der Waals surface area contributed by atoms with Crippen LogP contribution in [0.25, 0.3) is 0 Å². The second-order valence-electron chi connectivity index (χ2n) is 3.26. The fraction of sp³-hybridized carbons (Fsp3) is 0.273. The van der Waals surface area contributed by atoms with Gasteiger partial charge in [0.1, 0.15) is 17.4 Å². The molecule has 0 heterocycles. The van der Waals surface area contributed by atoms with E-state index in [-0.39, 0.29) is 17.0 Å². The van der Waals surface area contributed by atoms with E-state index < -0.39 is 23.6 Å². The second kappa shape index (κ2) is 5.80. The summed E-state index contributed by atoms with van der Waals surface area (Å²) in [6.45, 7) is 0. The van der Waals surface area contributed by atoms with Crippen molar-refractivity contribution in [3.63, 3.8) is 0 Å². The molecule has 0 unspecified atom stereocenters. The zero-order chi connectivity index (χ0) is 14.6. The molecule has 4 nitrogen and oxygen atoms in total. The smallest absolute Gasteiger partial charge is 0.465 e. The summed E-state index contributed by atoms with van der Waals surface area (Å²) in [5, 5.41) is 8.94. The number of benzene rings is 1. The van der Waals surface area contributed by atoms with Crippen LogP contribution in [0.2, 0.25) is 0 Å². The Balaban J connectivity index is 3.48. The van der Waals surface area contributed by atoms with Gasteiger partial charge in [-0.2, -0.15) is 5.26 Å². The van der Waals surface area contributed by atoms with Gasteiger partial charge in [-0.1, -0.05) is 6.07 Å². The molecule has 0 saturated carbocycles. The Morgan fingerprint density at radius 2 is 2.11 bits per heavy atom. The van der Waals surface area contributed by atoms with E-state index in [0.717, 1.165) is 13.2 Å². The molecule has 8 heteroatoms. The van der Waals surface area contributed by atoms with Crippen molar-refractivity contribution in [1.82, 2.24) is 0 Å². The maximum atomic E-state index is 12.2. The topological polar surface area (TPSA) is 59.3 Å². The molecule has 0 aliphatic rings. The number of hydrogen-bond acceptors (Lipinski definition) is 4. The normalized spacial score (nSPS) is 10.7. The number of esters is 1. The van der Waals surface area contributed by atoms with E-state index in [1.54, 1.807) is 6.07 Å². The molecule has 1 aromatic carbocycles. The highest BCUT2D eigenvalue weighted by molar-refractivity contribution is 6.17. The van der Waals surface area contributed by atoms with Gasteiger partial charge in [-0.05, 0) is 11.6 Å². The molecule has 0 N–H and O–H groups in total. The molecule has 0 fully saturated rings. The Labute approximate surface area is 111 Å². The molecule has 1 rings (SSSR count). The number of nitrogens with zero attached hydrogens (tertiary/aromatic N) is 1. The van der Waals surface area contributed by atoms with Crippen molar-refractivity contribution in [2.75, 3.05) is 7.11 Å². The average molecular weight is 294 g/mol. The molecule has 0 atom stereocenters. The summed E-state index contributed by atoms with van der Waals surface area (Å²) in [7, 11) is 0.980. The fourth-order valence-corrected chi connectivity index (χ4v) is 1.60. The summed E-state index contributed by atoms with van der Waals surface area (Å²) in [5.41, 5.74) is -0.692. The van der Waals surface area contributed by atoms with Gasteiger partial charge in [0.05, 0.1) is 12.7 Å². The lowest BCUT2D eigenvalue weighted by molar-refractivity contribution is -0.274. The number of alkyl halides is 4. The molecular weight excluding hydrogens is 287 g/mol. The Kier molecular flexibility index (Phi) is 4.62. The van der Waals surface area contributed by atoms with Crippen LogP contribution in [-0.2, 0) is 10.6 Å². The maximum absolute atomic E-state index is 12.2. The first kappa shape index (κ1) is 15.1. The molecule has 0 aliphatic carbocycles. The minimum atomic E-state index is -4.99. The summed E-state index contributed by atoms with van der Waals surface area (Å²) in [5.74, 6) is -2.05. The lowest BCUT2D eigenvalue weighted by Gasteiger charge is -2.14. The third-order valence-corrected chi connectivity index (χ3v) is 2.41. The van der Waals surface area contributed by atoms with Crippen LogP contribution in [0.15, 0.2) is 12.1 Å². The second-order valence-corrected chi connectivity index (χ2v) is 3.52. The van der Waals surface area contributed by atoms with Crippen LogP contribution in [0.1, 0.15) is 21.5 Å². The molecule has 0 aliphatic heterocycles. The summed E-state index contributed by atoms with van der Waals surface area (Å²) >= 11 is 5.55. The van der Waals surface area contributed by atoms with Crippen molar-refractivity contribution in [1.29, 1.82) is 5.26 Å². The van der Waals surface area contributed by atoms with Crippen molar-refractivity contribution in [3.8, 4) is 11.8 Å². The third kappa shape index (κ3) is 3.51. The number of ether oxygens (including phenoxy) is 2. The Morgan fingerprint density at radius 3 is 2.53 bits per heavy atom. The number of nitriles is 1. The van der Waals surface area contributed by atoms with Gasteiger partial charge in [-0.15, -0.1) is 24.8 Å². The Morgan fingerprint density at radius 1 is 1.47 bits per heavy atom. The summed E-state index contributed by atoms with van der Waals surface area (Å²) in [4.78, 5) is 11.5. The lowest BCUT2D eigenvalue weighted by atomic mass is 10.0. The fourth-order valence-electron chi connectivity index (χ4n) is 1.38. The highest BCUT2D eigenvalue weighted by atomic mass is 35.5. The van der Waals surface area contributed by atoms with E-state index in [1.165, 1.54) is 6.07 Å². The number of methoxy groups -OCH3 is 1. The number of carbonyl (C=O) groups is 1. The first-order valence-electron chi connectivity index (χ1n) is 4.80. The van der Waals surface area contributed by atoms with Gasteiger partial charge in [0.25, 0.3) is 0 Å². The lowest BCUT2D eigenvalue weighted by Crippen LogP contribution is -2.20. The van der Waals surface area contributed by atoms with E-state index >= 15 is 0 Å². The van der Waals surface area contributed by atoms with Gasteiger partial charge in [0, 0.05) is 5.88 Å². The molecule has 0 aromatic heterocycles. The monoisotopic (exact) mass is 293 g/mol. The van der Waals surface area contributed by atoms with Crippen LogP contribution in [0, 0.1) is 11.3 Å². The van der Waals surface area contributed by atoms with E-state index in [9.17, 15) is 18.0 Å². The van der Waals surface area contributed by atoms with Gasteiger partial charge in [0.15, 0.2) is 0 Å². The minimum absolute atomic E-state index is 0.140. The van der Waals surface area contributed by atoms with E-state index in [1.807, 2.05) is 0 Å². The van der Waals surface area contributed by atoms with Crippen LogP contribution in [0.3, 0.4) is 0 Å². The van der Waals surface area contributed by atoms with Crippen LogP contribution >= 0.6 is 11.6 Å². The van der Waals surface area contributed by atoms with Gasteiger partial charge < -0.3 is 9.47 Å². The van der Waals surface area contributed by atoms with Gasteiger partial charge in [-0.3, -0.25) is 0 Å². The molecule has 102 valence electrons. The number of hydrogen-bond donors (Lipinski definition) is 0. The van der Waals surface area contributed by atoms with E-state index in [0.29, 0.717) is 0 Å².